The number of rotatable bonds is 9. The molecule has 0 spiro atoms. The molecule has 0 nitrogen and oxygen atoms in total. The summed E-state index contributed by atoms with van der Waals surface area (Å²) in [5.74, 6) is 9.48. The summed E-state index contributed by atoms with van der Waals surface area (Å²) < 4.78 is 0. The predicted octanol–water partition coefficient (Wildman–Crippen LogP) is 5.18. The molecule has 0 saturated carbocycles. The highest BCUT2D eigenvalue weighted by Crippen LogP contribution is 2.09. The molecule has 1 unspecified atom stereocenters. The van der Waals surface area contributed by atoms with Crippen LogP contribution in [-0.2, 0) is 0 Å². The van der Waals surface area contributed by atoms with Gasteiger partial charge in [-0.3, -0.25) is 0 Å². The van der Waals surface area contributed by atoms with Gasteiger partial charge in [-0.15, -0.1) is 12.3 Å². The van der Waals surface area contributed by atoms with Crippen LogP contribution >= 0.6 is 0 Å². The summed E-state index contributed by atoms with van der Waals surface area (Å²) in [6.07, 6.45) is 17.9. The third-order valence-electron chi connectivity index (χ3n) is 2.98. The second-order valence-corrected chi connectivity index (χ2v) is 4.70. The van der Waals surface area contributed by atoms with E-state index in [1.165, 1.54) is 51.4 Å². The van der Waals surface area contributed by atoms with Crippen LogP contribution in [0.4, 0.5) is 0 Å². The lowest BCUT2D eigenvalue weighted by atomic mass is 10.0. The fraction of sp³-hybridized carbons (Fsp3) is 0.765. The molecule has 96 valence electrons. The third kappa shape index (κ3) is 11.4. The Bertz CT molecular complexity index is 245. The Morgan fingerprint density at radius 2 is 1.53 bits per heavy atom. The van der Waals surface area contributed by atoms with E-state index in [-0.39, 0.29) is 5.92 Å². The molecular weight excluding hydrogens is 204 g/mol. The number of hydrogen-bond acceptors (Lipinski definition) is 0. The van der Waals surface area contributed by atoms with Crippen LogP contribution in [-0.4, -0.2) is 0 Å². The van der Waals surface area contributed by atoms with Crippen molar-refractivity contribution in [3.63, 3.8) is 0 Å². The van der Waals surface area contributed by atoms with Crippen molar-refractivity contribution in [3.8, 4) is 24.2 Å². The fourth-order valence-corrected chi connectivity index (χ4v) is 1.81. The smallest absolute Gasteiger partial charge is 0.0808 e. The average Bonchev–Trinajstić information content (AvgIpc) is 2.36. The van der Waals surface area contributed by atoms with Gasteiger partial charge in [0, 0.05) is 6.42 Å². The summed E-state index contributed by atoms with van der Waals surface area (Å²) in [6, 6.07) is 0. The normalized spacial score (nSPS) is 11.4. The minimum atomic E-state index is 0.193. The lowest BCUT2D eigenvalue weighted by Gasteiger charge is -2.02. The summed E-state index contributed by atoms with van der Waals surface area (Å²) in [5, 5.41) is 0. The summed E-state index contributed by atoms with van der Waals surface area (Å²) in [4.78, 5) is 0. The molecule has 0 bridgehead atoms. The third-order valence-corrected chi connectivity index (χ3v) is 2.98. The van der Waals surface area contributed by atoms with E-state index >= 15 is 0 Å². The van der Waals surface area contributed by atoms with Crippen molar-refractivity contribution in [2.75, 3.05) is 0 Å². The zero-order valence-corrected chi connectivity index (χ0v) is 11.7. The molecule has 0 aromatic rings. The highest BCUT2D eigenvalue weighted by atomic mass is 14.0. The van der Waals surface area contributed by atoms with Crippen molar-refractivity contribution in [2.24, 2.45) is 5.92 Å². The van der Waals surface area contributed by atoms with Gasteiger partial charge in [0.15, 0.2) is 0 Å². The summed E-state index contributed by atoms with van der Waals surface area (Å²) in [6.45, 7) is 4.46. The van der Waals surface area contributed by atoms with Crippen LogP contribution in [0.3, 0.4) is 0 Å². The first-order valence-corrected chi connectivity index (χ1v) is 7.29. The second kappa shape index (κ2) is 13.2. The van der Waals surface area contributed by atoms with E-state index in [0.29, 0.717) is 0 Å². The maximum atomic E-state index is 5.50. The Balaban J connectivity index is 3.59. The Kier molecular flexibility index (Phi) is 12.5. The van der Waals surface area contributed by atoms with Crippen LogP contribution < -0.4 is 0 Å². The minimum absolute atomic E-state index is 0.193. The highest BCUT2D eigenvalue weighted by Gasteiger charge is 1.99. The molecule has 0 radical (unpaired) electrons. The first kappa shape index (κ1) is 16.1. The lowest BCUT2D eigenvalue weighted by Crippen LogP contribution is -1.93. The van der Waals surface area contributed by atoms with Crippen molar-refractivity contribution in [1.82, 2.24) is 0 Å². The van der Waals surface area contributed by atoms with E-state index in [4.69, 9.17) is 6.42 Å². The molecule has 0 rings (SSSR count). The molecule has 17 heavy (non-hydrogen) atoms. The van der Waals surface area contributed by atoms with Crippen molar-refractivity contribution in [3.05, 3.63) is 0 Å². The van der Waals surface area contributed by atoms with Crippen LogP contribution in [0.5, 0.6) is 0 Å². The van der Waals surface area contributed by atoms with Gasteiger partial charge < -0.3 is 0 Å². The molecule has 0 heterocycles. The number of unbranched alkanes of at least 4 members (excludes halogenated alkanes) is 7. The van der Waals surface area contributed by atoms with E-state index in [2.05, 4.69) is 31.6 Å². The Morgan fingerprint density at radius 3 is 2.12 bits per heavy atom. The van der Waals surface area contributed by atoms with Gasteiger partial charge in [0.2, 0.25) is 0 Å². The predicted molar refractivity (Wildman–Crippen MR) is 77.6 cm³/mol. The van der Waals surface area contributed by atoms with E-state index in [1.807, 2.05) is 0 Å². The Morgan fingerprint density at radius 1 is 0.882 bits per heavy atom. The molecule has 0 aliphatic heterocycles. The van der Waals surface area contributed by atoms with Crippen LogP contribution in [0.1, 0.15) is 78.1 Å². The van der Waals surface area contributed by atoms with E-state index in [0.717, 1.165) is 12.8 Å². The molecule has 0 amide bonds. The minimum Gasteiger partial charge on any atom is -0.119 e. The van der Waals surface area contributed by atoms with Gasteiger partial charge in [-0.1, -0.05) is 70.6 Å². The van der Waals surface area contributed by atoms with Gasteiger partial charge in [0.1, 0.15) is 0 Å². The molecule has 0 aliphatic carbocycles. The zero-order chi connectivity index (χ0) is 12.8. The van der Waals surface area contributed by atoms with Crippen LogP contribution in [0.2, 0.25) is 0 Å². The number of hydrogen-bond donors (Lipinski definition) is 0. The molecule has 0 aromatic heterocycles. The fourth-order valence-electron chi connectivity index (χ4n) is 1.81. The quantitative estimate of drug-likeness (QED) is 0.379. The van der Waals surface area contributed by atoms with Gasteiger partial charge >= 0.3 is 0 Å². The first-order valence-electron chi connectivity index (χ1n) is 7.29. The average molecular weight is 232 g/mol. The first-order chi connectivity index (χ1) is 8.35. The molecular formula is C17H28. The Hall–Kier alpha value is -0.880. The molecule has 0 aromatic carbocycles. The molecule has 0 fully saturated rings. The van der Waals surface area contributed by atoms with Gasteiger partial charge in [-0.2, -0.15) is 0 Å². The van der Waals surface area contributed by atoms with Gasteiger partial charge in [-0.05, 0) is 12.8 Å². The molecule has 0 saturated heterocycles. The van der Waals surface area contributed by atoms with Crippen molar-refractivity contribution < 1.29 is 0 Å². The largest absolute Gasteiger partial charge is 0.119 e. The lowest BCUT2D eigenvalue weighted by molar-refractivity contribution is 0.605. The van der Waals surface area contributed by atoms with Crippen molar-refractivity contribution in [1.29, 1.82) is 0 Å². The molecule has 0 heteroatoms. The Labute approximate surface area is 109 Å². The maximum absolute atomic E-state index is 5.50. The highest BCUT2D eigenvalue weighted by molar-refractivity contribution is 5.14. The molecule has 0 N–H and O–H groups in total. The number of terminal acetylenes is 1. The second-order valence-electron chi connectivity index (χ2n) is 4.70. The van der Waals surface area contributed by atoms with Crippen molar-refractivity contribution >= 4 is 0 Å². The molecule has 0 aliphatic rings. The molecule has 1 atom stereocenters. The van der Waals surface area contributed by atoms with Crippen LogP contribution in [0.15, 0.2) is 0 Å². The van der Waals surface area contributed by atoms with Crippen LogP contribution in [0.25, 0.3) is 0 Å². The van der Waals surface area contributed by atoms with Crippen molar-refractivity contribution in [2.45, 2.75) is 78.1 Å². The van der Waals surface area contributed by atoms with E-state index in [1.54, 1.807) is 0 Å². The summed E-state index contributed by atoms with van der Waals surface area (Å²) in [7, 11) is 0. The van der Waals surface area contributed by atoms with E-state index in [9.17, 15) is 0 Å². The standard InChI is InChI=1S/C17H28/c1-4-7-9-11-12-14-16-17(6-3)15-13-10-8-5-2/h3,17H,4-5,7-13,15H2,1-2H3. The summed E-state index contributed by atoms with van der Waals surface area (Å²) in [5.41, 5.74) is 0. The SMILES string of the molecule is C#CC(C#CCCCCCC)CCCCCC. The van der Waals surface area contributed by atoms with Gasteiger partial charge in [-0.25, -0.2) is 0 Å². The monoisotopic (exact) mass is 232 g/mol. The maximum Gasteiger partial charge on any atom is 0.0808 e. The van der Waals surface area contributed by atoms with Gasteiger partial charge in [0.25, 0.3) is 0 Å². The topological polar surface area (TPSA) is 0 Å². The van der Waals surface area contributed by atoms with E-state index < -0.39 is 0 Å². The van der Waals surface area contributed by atoms with Gasteiger partial charge in [0.05, 0.1) is 5.92 Å². The van der Waals surface area contributed by atoms with Crippen LogP contribution in [0, 0.1) is 30.1 Å². The zero-order valence-electron chi connectivity index (χ0n) is 11.7. The summed E-state index contributed by atoms with van der Waals surface area (Å²) >= 11 is 0.